The van der Waals surface area contributed by atoms with Gasteiger partial charge in [-0.2, -0.15) is 0 Å². The van der Waals surface area contributed by atoms with Gasteiger partial charge in [-0.15, -0.1) is 0 Å². The van der Waals surface area contributed by atoms with E-state index < -0.39 is 0 Å². The van der Waals surface area contributed by atoms with Crippen molar-refractivity contribution in [2.24, 2.45) is 0 Å². The van der Waals surface area contributed by atoms with Crippen molar-refractivity contribution in [1.29, 1.82) is 0 Å². The largest absolute Gasteiger partial charge is 0.310 e. The first-order chi connectivity index (χ1) is 31.2. The maximum Gasteiger partial charge on any atom is 0.0473 e. The van der Waals surface area contributed by atoms with Gasteiger partial charge in [0.25, 0.3) is 0 Å². The van der Waals surface area contributed by atoms with Gasteiger partial charge in [0.2, 0.25) is 0 Å². The molecule has 0 fully saturated rings. The summed E-state index contributed by atoms with van der Waals surface area (Å²) in [6.45, 7) is 0. The molecule has 0 saturated carbocycles. The molecule has 1 nitrogen and oxygen atoms in total. The maximum atomic E-state index is 2.45. The van der Waals surface area contributed by atoms with Gasteiger partial charge in [0, 0.05) is 53.3 Å². The van der Waals surface area contributed by atoms with Crippen molar-refractivity contribution >= 4 is 51.4 Å². The fraction of sp³-hybridized carbons (Fsp3) is 0.0333. The molecule has 2 aliphatic heterocycles. The minimum Gasteiger partial charge on any atom is -0.310 e. The highest BCUT2D eigenvalue weighted by Gasteiger charge is 2.28. The van der Waals surface area contributed by atoms with Crippen molar-refractivity contribution in [3.63, 3.8) is 0 Å². The Morgan fingerprint density at radius 2 is 0.746 bits per heavy atom. The summed E-state index contributed by atoms with van der Waals surface area (Å²) >= 11 is 3.82. The van der Waals surface area contributed by atoms with Crippen LogP contribution in [-0.4, -0.2) is 0 Å². The Kier molecular flexibility index (Phi) is 9.58. The summed E-state index contributed by atoms with van der Waals surface area (Å²) in [7, 11) is 0. The number of benzene rings is 10. The molecule has 2 heterocycles. The lowest BCUT2D eigenvalue weighted by molar-refractivity contribution is 0.803. The highest BCUT2D eigenvalue weighted by atomic mass is 32.2. The Labute approximate surface area is 377 Å². The minimum absolute atomic E-state index is 0.249. The van der Waals surface area contributed by atoms with Gasteiger partial charge in [-0.25, -0.2) is 0 Å². The molecule has 2 aliphatic rings. The molecule has 298 valence electrons. The van der Waals surface area contributed by atoms with E-state index in [1.807, 2.05) is 23.5 Å². The van der Waals surface area contributed by atoms with Crippen LogP contribution in [0.25, 0.3) is 55.3 Å². The van der Waals surface area contributed by atoms with Crippen LogP contribution in [0.3, 0.4) is 0 Å². The summed E-state index contributed by atoms with van der Waals surface area (Å²) in [4.78, 5) is 7.64. The molecular weight excluding hydrogens is 799 g/mol. The van der Waals surface area contributed by atoms with Crippen molar-refractivity contribution in [3.8, 4) is 44.5 Å². The van der Waals surface area contributed by atoms with Crippen LogP contribution in [0.5, 0.6) is 0 Å². The number of hydrogen-bond donors (Lipinski definition) is 0. The Morgan fingerprint density at radius 3 is 1.33 bits per heavy atom. The van der Waals surface area contributed by atoms with E-state index in [0.29, 0.717) is 0 Å². The molecule has 10 aromatic rings. The normalized spacial score (nSPS) is 12.6. The maximum absolute atomic E-state index is 2.45. The van der Waals surface area contributed by atoms with Gasteiger partial charge in [0.15, 0.2) is 0 Å². The zero-order valence-electron chi connectivity index (χ0n) is 34.5. The molecule has 0 aromatic heterocycles. The second-order valence-corrected chi connectivity index (χ2v) is 18.6. The SMILES string of the molecule is c1ccc(-c2ccc(C(Cc3ccc4c(c3)Sc3ccc5c6c(ccc-4c36)-c3ccc(N(c4ccccc4)c4ccc(-c6ccccc6)cc4)cc3S5)c3ccccc3)cc2)cc1. The average molecular weight is 840 g/mol. The molecule has 0 radical (unpaired) electrons. The van der Waals surface area contributed by atoms with E-state index in [-0.39, 0.29) is 5.92 Å². The van der Waals surface area contributed by atoms with Gasteiger partial charge in [-0.1, -0.05) is 199 Å². The fourth-order valence-electron chi connectivity index (χ4n) is 9.59. The van der Waals surface area contributed by atoms with Crippen molar-refractivity contribution in [2.45, 2.75) is 31.9 Å². The van der Waals surface area contributed by atoms with E-state index in [1.54, 1.807) is 0 Å². The Morgan fingerprint density at radius 1 is 0.317 bits per heavy atom. The van der Waals surface area contributed by atoms with Gasteiger partial charge < -0.3 is 4.90 Å². The van der Waals surface area contributed by atoms with E-state index in [0.717, 1.165) is 23.5 Å². The van der Waals surface area contributed by atoms with Gasteiger partial charge in [0.05, 0.1) is 0 Å². The van der Waals surface area contributed by atoms with Crippen molar-refractivity contribution in [2.75, 3.05) is 4.90 Å². The van der Waals surface area contributed by atoms with E-state index in [2.05, 4.69) is 235 Å². The molecule has 1 atom stereocenters. The summed E-state index contributed by atoms with van der Waals surface area (Å²) in [5.41, 5.74) is 17.6. The molecule has 10 aromatic carbocycles. The van der Waals surface area contributed by atoms with Crippen molar-refractivity contribution < 1.29 is 0 Å². The number of rotatable bonds is 9. The topological polar surface area (TPSA) is 3.24 Å². The van der Waals surface area contributed by atoms with E-state index in [4.69, 9.17) is 0 Å². The van der Waals surface area contributed by atoms with Gasteiger partial charge in [-0.05, 0) is 122 Å². The van der Waals surface area contributed by atoms with Crippen LogP contribution in [0.15, 0.2) is 250 Å². The highest BCUT2D eigenvalue weighted by molar-refractivity contribution is 8.00. The molecule has 0 bridgehead atoms. The highest BCUT2D eigenvalue weighted by Crippen LogP contribution is 2.56. The van der Waals surface area contributed by atoms with Crippen LogP contribution in [0, 0.1) is 0 Å². The lowest BCUT2D eigenvalue weighted by Crippen LogP contribution is -2.10. The van der Waals surface area contributed by atoms with Crippen LogP contribution in [0.4, 0.5) is 17.1 Å². The summed E-state index contributed by atoms with van der Waals surface area (Å²) in [6, 6.07) is 84.8. The quantitative estimate of drug-likeness (QED) is 0.143. The predicted octanol–water partition coefficient (Wildman–Crippen LogP) is 17.3. The third kappa shape index (κ3) is 6.95. The second kappa shape index (κ2) is 16.0. The predicted molar refractivity (Wildman–Crippen MR) is 267 cm³/mol. The van der Waals surface area contributed by atoms with Crippen LogP contribution >= 0.6 is 23.5 Å². The minimum atomic E-state index is 0.249. The standard InChI is InChI=1S/C60H41NS2/c1-5-13-41(14-6-1)43-22-24-46(25-23-43)54(45-17-9-3-10-18-45)37-40-21-31-50-52-33-34-53-51-32-30-49(39-58(51)63-56-36-35-55(59(52)60(53)56)62-57(50)38-40)61(47-19-11-4-12-20-47)48-28-26-44(27-29-48)42-15-7-2-8-16-42/h1-36,38-39,54H,37H2. The molecule has 3 heteroatoms. The molecule has 12 rings (SSSR count). The Bertz CT molecular complexity index is 3270. The Hall–Kier alpha value is -7.04. The first-order valence-electron chi connectivity index (χ1n) is 21.7. The van der Waals surface area contributed by atoms with Crippen LogP contribution in [0.1, 0.15) is 22.6 Å². The van der Waals surface area contributed by atoms with E-state index in [9.17, 15) is 0 Å². The van der Waals surface area contributed by atoms with Crippen molar-refractivity contribution in [3.05, 3.63) is 247 Å². The monoisotopic (exact) mass is 839 g/mol. The van der Waals surface area contributed by atoms with Crippen molar-refractivity contribution in [1.82, 2.24) is 0 Å². The molecule has 1 unspecified atom stereocenters. The number of para-hydroxylation sites is 1. The molecular formula is C60H41NS2. The Balaban J connectivity index is 0.873. The van der Waals surface area contributed by atoms with E-state index in [1.165, 1.54) is 91.6 Å². The third-order valence-corrected chi connectivity index (χ3v) is 14.9. The molecule has 63 heavy (non-hydrogen) atoms. The summed E-state index contributed by atoms with van der Waals surface area (Å²) in [5.74, 6) is 0.249. The lowest BCUT2D eigenvalue weighted by Gasteiger charge is -2.29. The molecule has 0 N–H and O–H groups in total. The van der Waals surface area contributed by atoms with Gasteiger partial charge in [0.1, 0.15) is 0 Å². The third-order valence-electron chi connectivity index (χ3n) is 12.7. The molecule has 0 saturated heterocycles. The number of nitrogens with zero attached hydrogens (tertiary/aromatic N) is 1. The van der Waals surface area contributed by atoms with Crippen LogP contribution < -0.4 is 4.90 Å². The number of fused-ring (bicyclic) bond motifs is 4. The molecule has 0 aliphatic carbocycles. The summed E-state index contributed by atoms with van der Waals surface area (Å²) < 4.78 is 0. The summed E-state index contributed by atoms with van der Waals surface area (Å²) in [5, 5.41) is 2.75. The second-order valence-electron chi connectivity index (χ2n) is 16.4. The number of anilines is 3. The first kappa shape index (κ1) is 37.7. The van der Waals surface area contributed by atoms with Crippen LogP contribution in [-0.2, 0) is 6.42 Å². The van der Waals surface area contributed by atoms with Gasteiger partial charge in [-0.3, -0.25) is 0 Å². The fourth-order valence-corrected chi connectivity index (χ4v) is 11.9. The zero-order chi connectivity index (χ0) is 41.7. The smallest absolute Gasteiger partial charge is 0.0473 e. The van der Waals surface area contributed by atoms with Crippen LogP contribution in [0.2, 0.25) is 0 Å². The number of hydrogen-bond acceptors (Lipinski definition) is 3. The van der Waals surface area contributed by atoms with E-state index >= 15 is 0 Å². The lowest BCUT2D eigenvalue weighted by atomic mass is 9.84. The average Bonchev–Trinajstić information content (AvgIpc) is 3.36. The van der Waals surface area contributed by atoms with Gasteiger partial charge >= 0.3 is 0 Å². The summed E-state index contributed by atoms with van der Waals surface area (Å²) in [6.07, 6.45) is 0.929. The molecule has 0 spiro atoms. The zero-order valence-corrected chi connectivity index (χ0v) is 36.1. The first-order valence-corrected chi connectivity index (χ1v) is 23.3. The molecule has 0 amide bonds.